The molecule has 4 aliphatic heterocycles. The molecule has 4 aliphatic rings. The molecular weight excluding hydrogens is 366 g/mol. The third kappa shape index (κ3) is 1.88. The Morgan fingerprint density at radius 3 is 2.72 bits per heavy atom. The number of anilines is 2. The summed E-state index contributed by atoms with van der Waals surface area (Å²) < 4.78 is 0. The second kappa shape index (κ2) is 5.54. The average Bonchev–Trinajstić information content (AvgIpc) is 3.40. The molecule has 2 N–H and O–H groups in total. The lowest BCUT2D eigenvalue weighted by molar-refractivity contribution is -0.948. The van der Waals surface area contributed by atoms with Crippen LogP contribution in [0, 0.1) is 18.8 Å². The zero-order chi connectivity index (χ0) is 19.9. The van der Waals surface area contributed by atoms with Gasteiger partial charge in [0.1, 0.15) is 17.9 Å². The van der Waals surface area contributed by atoms with E-state index in [9.17, 15) is 14.4 Å². The Labute approximate surface area is 168 Å². The van der Waals surface area contributed by atoms with Gasteiger partial charge in [-0.15, -0.1) is 0 Å². The van der Waals surface area contributed by atoms with Gasteiger partial charge in [-0.2, -0.15) is 0 Å². The molecule has 1 unspecified atom stereocenters. The third-order valence-corrected chi connectivity index (χ3v) is 7.38. The number of hydrogen-bond acceptors (Lipinski definition) is 3. The van der Waals surface area contributed by atoms with E-state index >= 15 is 0 Å². The summed E-state index contributed by atoms with van der Waals surface area (Å²) in [4.78, 5) is 43.3. The Kier molecular flexibility index (Phi) is 3.23. The number of nitrogens with one attached hydrogen (secondary N) is 2. The van der Waals surface area contributed by atoms with E-state index in [-0.39, 0.29) is 23.8 Å². The van der Waals surface area contributed by atoms with Crippen LogP contribution >= 0.6 is 0 Å². The van der Waals surface area contributed by atoms with Gasteiger partial charge in [0.2, 0.25) is 17.4 Å². The van der Waals surface area contributed by atoms with Crippen molar-refractivity contribution < 1.29 is 19.3 Å². The molecule has 6 nitrogen and oxygen atoms in total. The summed E-state index contributed by atoms with van der Waals surface area (Å²) in [5, 5.41) is 3.01. The first-order valence-corrected chi connectivity index (χ1v) is 10.3. The monoisotopic (exact) mass is 388 g/mol. The zero-order valence-electron chi connectivity index (χ0n) is 16.1. The lowest BCUT2D eigenvalue weighted by Gasteiger charge is -2.33. The number of quaternary nitrogens is 1. The third-order valence-electron chi connectivity index (χ3n) is 7.38. The molecule has 1 spiro atoms. The molecule has 146 valence electrons. The van der Waals surface area contributed by atoms with Crippen LogP contribution in [0.5, 0.6) is 0 Å². The number of hydrogen-bond donors (Lipinski definition) is 2. The molecule has 6 heteroatoms. The van der Waals surface area contributed by atoms with Crippen LogP contribution in [0.1, 0.15) is 24.0 Å². The smallest absolute Gasteiger partial charge is 0.291 e. The molecule has 5 atom stereocenters. The Bertz CT molecular complexity index is 1100. The Balaban J connectivity index is 1.56. The van der Waals surface area contributed by atoms with Crippen LogP contribution in [0.25, 0.3) is 0 Å². The van der Waals surface area contributed by atoms with Gasteiger partial charge in [0, 0.05) is 18.4 Å². The maximum Gasteiger partial charge on any atom is 0.291 e. The van der Waals surface area contributed by atoms with Crippen molar-refractivity contribution >= 4 is 29.1 Å². The van der Waals surface area contributed by atoms with Gasteiger partial charge in [0.25, 0.3) is 5.91 Å². The van der Waals surface area contributed by atoms with Gasteiger partial charge in [-0.05, 0) is 30.7 Å². The number of amides is 3. The predicted octanol–water partition coefficient (Wildman–Crippen LogP) is 1.01. The second-order valence-electron chi connectivity index (χ2n) is 8.69. The van der Waals surface area contributed by atoms with Gasteiger partial charge in [0.15, 0.2) is 0 Å². The first-order valence-electron chi connectivity index (χ1n) is 10.3. The molecule has 29 heavy (non-hydrogen) atoms. The summed E-state index contributed by atoms with van der Waals surface area (Å²) in [7, 11) is 0. The molecule has 4 heterocycles. The minimum atomic E-state index is -1.01. The van der Waals surface area contributed by atoms with Crippen LogP contribution < -0.4 is 15.1 Å². The maximum atomic E-state index is 13.8. The van der Waals surface area contributed by atoms with Crippen molar-refractivity contribution in [3.8, 4) is 0 Å². The number of carbonyl (C=O) groups excluding carboxylic acids is 3. The zero-order valence-corrected chi connectivity index (χ0v) is 16.1. The van der Waals surface area contributed by atoms with E-state index in [2.05, 4.69) is 5.32 Å². The van der Waals surface area contributed by atoms with E-state index in [1.54, 1.807) is 6.07 Å². The van der Waals surface area contributed by atoms with Crippen LogP contribution in [0.2, 0.25) is 0 Å². The largest absolute Gasteiger partial charge is 0.320 e. The van der Waals surface area contributed by atoms with Crippen LogP contribution in [-0.4, -0.2) is 30.3 Å². The van der Waals surface area contributed by atoms with E-state index in [1.807, 2.05) is 49.4 Å². The number of para-hydroxylation sites is 1. The van der Waals surface area contributed by atoms with E-state index in [0.29, 0.717) is 5.69 Å². The molecule has 0 radical (unpaired) electrons. The van der Waals surface area contributed by atoms with Crippen molar-refractivity contribution in [3.05, 3.63) is 59.7 Å². The fourth-order valence-electron chi connectivity index (χ4n) is 6.44. The number of rotatable bonds is 1. The summed E-state index contributed by atoms with van der Waals surface area (Å²) >= 11 is 0. The highest BCUT2D eigenvalue weighted by atomic mass is 16.2. The van der Waals surface area contributed by atoms with Crippen LogP contribution in [-0.2, 0) is 19.9 Å². The predicted molar refractivity (Wildman–Crippen MR) is 106 cm³/mol. The van der Waals surface area contributed by atoms with Crippen LogP contribution in [0.4, 0.5) is 11.4 Å². The number of imide groups is 1. The van der Waals surface area contributed by atoms with Crippen molar-refractivity contribution in [2.45, 2.75) is 31.3 Å². The Morgan fingerprint density at radius 2 is 1.90 bits per heavy atom. The van der Waals surface area contributed by atoms with E-state index in [4.69, 9.17) is 0 Å². The number of carbonyl (C=O) groups is 3. The normalized spacial score (nSPS) is 34.5. The number of nitrogens with zero attached hydrogens (tertiary/aromatic N) is 1. The topological polar surface area (TPSA) is 70.9 Å². The molecule has 2 aromatic rings. The van der Waals surface area contributed by atoms with Gasteiger partial charge < -0.3 is 10.2 Å². The SMILES string of the molecule is Cc1cccc(N2C(=O)[C@H]3[C@@H](C2=O)[C@]2(C(=O)Nc4ccccc42)[NH+]2CCC[C@@H]32)c1. The first-order chi connectivity index (χ1) is 14.0. The highest BCUT2D eigenvalue weighted by Gasteiger charge is 2.78. The second-order valence-corrected chi connectivity index (χ2v) is 8.69. The number of benzene rings is 2. The molecule has 0 bridgehead atoms. The molecule has 0 aromatic heterocycles. The van der Waals surface area contributed by atoms with E-state index < -0.39 is 17.4 Å². The molecule has 0 aliphatic carbocycles. The molecule has 6 rings (SSSR count). The van der Waals surface area contributed by atoms with Gasteiger partial charge >= 0.3 is 0 Å². The molecule has 2 aromatic carbocycles. The summed E-state index contributed by atoms with van der Waals surface area (Å²) in [5.74, 6) is -1.62. The van der Waals surface area contributed by atoms with Crippen LogP contribution in [0.15, 0.2) is 48.5 Å². The van der Waals surface area contributed by atoms with Gasteiger partial charge in [-0.25, -0.2) is 4.90 Å². The minimum absolute atomic E-state index is 0.00293. The fraction of sp³-hybridized carbons (Fsp3) is 0.348. The number of fused-ring (bicyclic) bond motifs is 7. The van der Waals surface area contributed by atoms with Crippen LogP contribution in [0.3, 0.4) is 0 Å². The summed E-state index contributed by atoms with van der Waals surface area (Å²) in [5.41, 5.74) is 2.23. The van der Waals surface area contributed by atoms with Crippen molar-refractivity contribution in [1.29, 1.82) is 0 Å². The van der Waals surface area contributed by atoms with Gasteiger partial charge in [0.05, 0.1) is 17.9 Å². The molecule has 3 fully saturated rings. The van der Waals surface area contributed by atoms with Gasteiger partial charge in [-0.1, -0.05) is 30.3 Å². The summed E-state index contributed by atoms with van der Waals surface area (Å²) in [6, 6.07) is 15.1. The standard InChI is InChI=1S/C23H21N3O3/c1-13-6-4-7-14(12-13)26-20(27)18-17-10-5-11-25(17)23(19(18)21(26)28)15-8-2-3-9-16(15)24-22(23)29/h2-4,6-9,12,17-19H,5,10-11H2,1H3,(H,24,29)/p+1/t17-,18+,19-,23+/m0/s1. The molecular formula is C23H22N3O3+. The number of aryl methyl sites for hydroxylation is 1. The van der Waals surface area contributed by atoms with Gasteiger partial charge in [-0.3, -0.25) is 14.4 Å². The quantitative estimate of drug-likeness (QED) is 0.717. The molecule has 3 amide bonds. The first kappa shape index (κ1) is 16.9. The maximum absolute atomic E-state index is 13.8. The van der Waals surface area contributed by atoms with Crippen molar-refractivity contribution in [2.24, 2.45) is 11.8 Å². The highest BCUT2D eigenvalue weighted by molar-refractivity contribution is 6.25. The lowest BCUT2D eigenvalue weighted by atomic mass is 9.75. The molecule has 3 saturated heterocycles. The lowest BCUT2D eigenvalue weighted by Crippen LogP contribution is -3.19. The fourth-order valence-corrected chi connectivity index (χ4v) is 6.44. The average molecular weight is 388 g/mol. The minimum Gasteiger partial charge on any atom is -0.320 e. The Hall–Kier alpha value is -2.99. The molecule has 0 saturated carbocycles. The summed E-state index contributed by atoms with van der Waals surface area (Å²) in [6.45, 7) is 2.75. The van der Waals surface area contributed by atoms with E-state index in [1.165, 1.54) is 4.90 Å². The van der Waals surface area contributed by atoms with Crippen molar-refractivity contribution in [1.82, 2.24) is 0 Å². The van der Waals surface area contributed by atoms with E-state index in [0.717, 1.165) is 41.1 Å². The van der Waals surface area contributed by atoms with Crippen molar-refractivity contribution in [3.63, 3.8) is 0 Å². The summed E-state index contributed by atoms with van der Waals surface area (Å²) in [6.07, 6.45) is 1.83. The highest BCUT2D eigenvalue weighted by Crippen LogP contribution is 2.52. The Morgan fingerprint density at radius 1 is 1.07 bits per heavy atom. The van der Waals surface area contributed by atoms with Crippen molar-refractivity contribution in [2.75, 3.05) is 16.8 Å².